The van der Waals surface area contributed by atoms with Gasteiger partial charge in [0.15, 0.2) is 0 Å². The second-order valence-electron chi connectivity index (χ2n) is 4.64. The van der Waals surface area contributed by atoms with Crippen LogP contribution in [0.15, 0.2) is 22.7 Å². The normalized spacial score (nSPS) is 26.1. The average Bonchev–Trinajstić information content (AvgIpc) is 2.72. The van der Waals surface area contributed by atoms with Crippen molar-refractivity contribution < 1.29 is 9.13 Å². The highest BCUT2D eigenvalue weighted by Gasteiger charge is 2.27. The molecule has 94 valence electrons. The SMILES string of the molecule is CC1CCC(C(N)Cc2cccc(F)c2Br)O1. The quantitative estimate of drug-likeness (QED) is 0.931. The lowest BCUT2D eigenvalue weighted by atomic mass is 10.00. The van der Waals surface area contributed by atoms with Crippen molar-refractivity contribution in [2.24, 2.45) is 5.73 Å². The predicted molar refractivity (Wildman–Crippen MR) is 69.3 cm³/mol. The average molecular weight is 302 g/mol. The molecule has 0 amide bonds. The number of benzene rings is 1. The maximum absolute atomic E-state index is 13.3. The van der Waals surface area contributed by atoms with Crippen LogP contribution in [0.4, 0.5) is 4.39 Å². The van der Waals surface area contributed by atoms with Gasteiger partial charge in [-0.25, -0.2) is 4.39 Å². The fourth-order valence-electron chi connectivity index (χ4n) is 2.24. The molecule has 0 spiro atoms. The van der Waals surface area contributed by atoms with Gasteiger partial charge in [0.05, 0.1) is 16.7 Å². The standard InChI is InChI=1S/C13H17BrFNO/c1-8-5-6-12(17-8)11(16)7-9-3-2-4-10(15)13(9)14/h2-4,8,11-12H,5-7,16H2,1H3. The lowest BCUT2D eigenvalue weighted by Gasteiger charge is -2.20. The molecular weight excluding hydrogens is 285 g/mol. The van der Waals surface area contributed by atoms with Crippen LogP contribution in [-0.2, 0) is 11.2 Å². The van der Waals surface area contributed by atoms with E-state index < -0.39 is 0 Å². The minimum Gasteiger partial charge on any atom is -0.374 e. The first-order valence-corrected chi connectivity index (χ1v) is 6.71. The molecule has 3 atom stereocenters. The second kappa shape index (κ2) is 5.46. The van der Waals surface area contributed by atoms with E-state index in [0.29, 0.717) is 17.0 Å². The summed E-state index contributed by atoms with van der Waals surface area (Å²) in [5.41, 5.74) is 7.03. The van der Waals surface area contributed by atoms with Gasteiger partial charge in [0, 0.05) is 6.04 Å². The molecule has 1 fully saturated rings. The fourth-order valence-corrected chi connectivity index (χ4v) is 2.67. The number of ether oxygens (including phenoxy) is 1. The monoisotopic (exact) mass is 301 g/mol. The Balaban J connectivity index is 2.03. The molecule has 2 N–H and O–H groups in total. The van der Waals surface area contributed by atoms with Gasteiger partial charge in [0.1, 0.15) is 5.82 Å². The molecule has 17 heavy (non-hydrogen) atoms. The third kappa shape index (κ3) is 3.06. The van der Waals surface area contributed by atoms with Crippen LogP contribution in [0.2, 0.25) is 0 Å². The summed E-state index contributed by atoms with van der Waals surface area (Å²) in [6.45, 7) is 2.06. The van der Waals surface area contributed by atoms with Gasteiger partial charge in [-0.05, 0) is 53.7 Å². The molecule has 0 radical (unpaired) electrons. The zero-order chi connectivity index (χ0) is 12.4. The van der Waals surface area contributed by atoms with E-state index in [2.05, 4.69) is 22.9 Å². The molecule has 1 aromatic carbocycles. The summed E-state index contributed by atoms with van der Waals surface area (Å²) in [6, 6.07) is 4.97. The van der Waals surface area contributed by atoms with E-state index in [-0.39, 0.29) is 18.0 Å². The summed E-state index contributed by atoms with van der Waals surface area (Å²) >= 11 is 3.26. The molecule has 0 bridgehead atoms. The van der Waals surface area contributed by atoms with Gasteiger partial charge in [-0.2, -0.15) is 0 Å². The zero-order valence-electron chi connectivity index (χ0n) is 9.83. The molecular formula is C13H17BrFNO. The van der Waals surface area contributed by atoms with Crippen molar-refractivity contribution in [1.29, 1.82) is 0 Å². The highest BCUT2D eigenvalue weighted by atomic mass is 79.9. The maximum atomic E-state index is 13.3. The Kier molecular flexibility index (Phi) is 4.17. The molecule has 0 aliphatic carbocycles. The van der Waals surface area contributed by atoms with Crippen LogP contribution in [0.3, 0.4) is 0 Å². The lowest BCUT2D eigenvalue weighted by Crippen LogP contribution is -2.36. The van der Waals surface area contributed by atoms with E-state index in [1.807, 2.05) is 6.07 Å². The van der Waals surface area contributed by atoms with Crippen molar-refractivity contribution in [3.8, 4) is 0 Å². The summed E-state index contributed by atoms with van der Waals surface area (Å²) in [7, 11) is 0. The van der Waals surface area contributed by atoms with Gasteiger partial charge in [-0.15, -0.1) is 0 Å². The van der Waals surface area contributed by atoms with E-state index in [0.717, 1.165) is 18.4 Å². The van der Waals surface area contributed by atoms with E-state index >= 15 is 0 Å². The first kappa shape index (κ1) is 13.0. The Morgan fingerprint density at radius 1 is 1.53 bits per heavy atom. The first-order valence-electron chi connectivity index (χ1n) is 5.92. The number of rotatable bonds is 3. The topological polar surface area (TPSA) is 35.2 Å². The Morgan fingerprint density at radius 3 is 2.94 bits per heavy atom. The highest BCUT2D eigenvalue weighted by molar-refractivity contribution is 9.10. The van der Waals surface area contributed by atoms with Crippen LogP contribution in [0.25, 0.3) is 0 Å². The number of hydrogen-bond acceptors (Lipinski definition) is 2. The molecule has 1 aliphatic heterocycles. The second-order valence-corrected chi connectivity index (χ2v) is 5.44. The summed E-state index contributed by atoms with van der Waals surface area (Å²) in [5, 5.41) is 0. The van der Waals surface area contributed by atoms with Crippen molar-refractivity contribution in [3.63, 3.8) is 0 Å². The van der Waals surface area contributed by atoms with Crippen LogP contribution in [0.5, 0.6) is 0 Å². The molecule has 0 saturated carbocycles. The van der Waals surface area contributed by atoms with E-state index in [1.165, 1.54) is 6.07 Å². The number of halogens is 2. The first-order chi connectivity index (χ1) is 8.08. The maximum Gasteiger partial charge on any atom is 0.137 e. The van der Waals surface area contributed by atoms with Crippen molar-refractivity contribution in [2.75, 3.05) is 0 Å². The Morgan fingerprint density at radius 2 is 2.29 bits per heavy atom. The van der Waals surface area contributed by atoms with Crippen LogP contribution < -0.4 is 5.73 Å². The lowest BCUT2D eigenvalue weighted by molar-refractivity contribution is 0.0404. The smallest absolute Gasteiger partial charge is 0.137 e. The van der Waals surface area contributed by atoms with Gasteiger partial charge < -0.3 is 10.5 Å². The van der Waals surface area contributed by atoms with Crippen LogP contribution in [-0.4, -0.2) is 18.2 Å². The number of hydrogen-bond donors (Lipinski definition) is 1. The fraction of sp³-hybridized carbons (Fsp3) is 0.538. The molecule has 4 heteroatoms. The van der Waals surface area contributed by atoms with Crippen molar-refractivity contribution in [1.82, 2.24) is 0 Å². The molecule has 3 unspecified atom stereocenters. The molecule has 1 saturated heterocycles. The van der Waals surface area contributed by atoms with Crippen LogP contribution >= 0.6 is 15.9 Å². The summed E-state index contributed by atoms with van der Waals surface area (Å²) in [5.74, 6) is -0.240. The Hall–Kier alpha value is -0.450. The van der Waals surface area contributed by atoms with Crippen molar-refractivity contribution >= 4 is 15.9 Å². The third-order valence-corrected chi connectivity index (χ3v) is 4.12. The summed E-state index contributed by atoms with van der Waals surface area (Å²) in [4.78, 5) is 0. The van der Waals surface area contributed by atoms with Crippen molar-refractivity contribution in [2.45, 2.75) is 44.4 Å². The van der Waals surface area contributed by atoms with Crippen LogP contribution in [0, 0.1) is 5.82 Å². The molecule has 2 nitrogen and oxygen atoms in total. The largest absolute Gasteiger partial charge is 0.374 e. The van der Waals surface area contributed by atoms with Crippen LogP contribution in [0.1, 0.15) is 25.3 Å². The molecule has 1 aliphatic rings. The molecule has 1 aromatic rings. The van der Waals surface area contributed by atoms with Gasteiger partial charge in [-0.3, -0.25) is 0 Å². The van der Waals surface area contributed by atoms with Gasteiger partial charge in [0.25, 0.3) is 0 Å². The Bertz CT molecular complexity index is 399. The van der Waals surface area contributed by atoms with E-state index in [1.54, 1.807) is 6.07 Å². The van der Waals surface area contributed by atoms with Gasteiger partial charge >= 0.3 is 0 Å². The molecule has 2 rings (SSSR count). The molecule has 1 heterocycles. The minimum atomic E-state index is -0.240. The summed E-state index contributed by atoms with van der Waals surface area (Å²) in [6.07, 6.45) is 3.08. The third-order valence-electron chi connectivity index (χ3n) is 3.23. The molecule has 0 aromatic heterocycles. The number of nitrogens with two attached hydrogens (primary N) is 1. The van der Waals surface area contributed by atoms with E-state index in [4.69, 9.17) is 10.5 Å². The van der Waals surface area contributed by atoms with Gasteiger partial charge in [-0.1, -0.05) is 12.1 Å². The zero-order valence-corrected chi connectivity index (χ0v) is 11.4. The van der Waals surface area contributed by atoms with Gasteiger partial charge in [0.2, 0.25) is 0 Å². The summed E-state index contributed by atoms with van der Waals surface area (Å²) < 4.78 is 19.6. The van der Waals surface area contributed by atoms with E-state index in [9.17, 15) is 4.39 Å². The van der Waals surface area contributed by atoms with Crippen molar-refractivity contribution in [3.05, 3.63) is 34.1 Å². The minimum absolute atomic E-state index is 0.0712. The highest BCUT2D eigenvalue weighted by Crippen LogP contribution is 2.26. The predicted octanol–water partition coefficient (Wildman–Crippen LogP) is 3.03. The Labute approximate surface area is 109 Å².